The van der Waals surface area contributed by atoms with Crippen LogP contribution in [0.1, 0.15) is 15.4 Å². The van der Waals surface area contributed by atoms with Crippen molar-refractivity contribution in [3.8, 4) is 10.6 Å². The Balaban J connectivity index is 1.88. The van der Waals surface area contributed by atoms with Crippen molar-refractivity contribution in [3.63, 3.8) is 0 Å². The van der Waals surface area contributed by atoms with Crippen LogP contribution in [0, 0.1) is 12.7 Å². The van der Waals surface area contributed by atoms with Crippen molar-refractivity contribution in [3.05, 3.63) is 71.0 Å². The summed E-state index contributed by atoms with van der Waals surface area (Å²) >= 11 is 1.44. The molecule has 0 aliphatic rings. The summed E-state index contributed by atoms with van der Waals surface area (Å²) in [5, 5.41) is 3.34. The van der Waals surface area contributed by atoms with Crippen LogP contribution in [0.3, 0.4) is 0 Å². The van der Waals surface area contributed by atoms with Crippen molar-refractivity contribution in [1.29, 1.82) is 0 Å². The lowest BCUT2D eigenvalue weighted by Crippen LogP contribution is -2.14. The van der Waals surface area contributed by atoms with Gasteiger partial charge in [-0.3, -0.25) is 4.79 Å². The van der Waals surface area contributed by atoms with Crippen molar-refractivity contribution in [2.75, 3.05) is 5.32 Å². The first-order chi connectivity index (χ1) is 10.6. The lowest BCUT2D eigenvalue weighted by Gasteiger charge is -2.04. The predicted octanol–water partition coefficient (Wildman–Crippen LogP) is 4.51. The van der Waals surface area contributed by atoms with Crippen LogP contribution in [-0.2, 0) is 0 Å². The lowest BCUT2D eigenvalue weighted by molar-refractivity contribution is 0.102. The van der Waals surface area contributed by atoms with Gasteiger partial charge in [0.1, 0.15) is 16.5 Å². The number of carbonyl (C=O) groups is 1. The third-order valence-electron chi connectivity index (χ3n) is 3.15. The molecule has 3 nitrogen and oxygen atoms in total. The Labute approximate surface area is 131 Å². The normalized spacial score (nSPS) is 10.5. The highest BCUT2D eigenvalue weighted by Crippen LogP contribution is 2.28. The third kappa shape index (κ3) is 2.89. The summed E-state index contributed by atoms with van der Waals surface area (Å²) in [5.74, 6) is -0.868. The molecule has 0 aliphatic carbocycles. The van der Waals surface area contributed by atoms with Gasteiger partial charge in [-0.1, -0.05) is 42.5 Å². The number of rotatable bonds is 3. The summed E-state index contributed by atoms with van der Waals surface area (Å²) in [6.07, 6.45) is 0. The number of anilines is 1. The summed E-state index contributed by atoms with van der Waals surface area (Å²) in [6.45, 7) is 1.83. The maximum absolute atomic E-state index is 13.6. The van der Waals surface area contributed by atoms with E-state index in [1.807, 2.05) is 37.3 Å². The fourth-order valence-corrected chi connectivity index (χ4v) is 2.97. The number of nitrogens with zero attached hydrogens (tertiary/aromatic N) is 1. The molecule has 0 unspecified atom stereocenters. The monoisotopic (exact) mass is 312 g/mol. The Kier molecular flexibility index (Phi) is 3.98. The van der Waals surface area contributed by atoms with E-state index in [-0.39, 0.29) is 5.69 Å². The highest BCUT2D eigenvalue weighted by molar-refractivity contribution is 7.15. The summed E-state index contributed by atoms with van der Waals surface area (Å²) in [4.78, 5) is 17.5. The van der Waals surface area contributed by atoms with Crippen molar-refractivity contribution in [2.24, 2.45) is 0 Å². The average Bonchev–Trinajstić information content (AvgIpc) is 2.92. The molecule has 0 saturated heterocycles. The minimum atomic E-state index is -0.466. The van der Waals surface area contributed by atoms with Gasteiger partial charge in [0, 0.05) is 10.4 Å². The van der Waals surface area contributed by atoms with Crippen molar-refractivity contribution < 1.29 is 9.18 Å². The maximum atomic E-state index is 13.6. The molecule has 0 spiro atoms. The van der Waals surface area contributed by atoms with E-state index in [2.05, 4.69) is 10.3 Å². The lowest BCUT2D eigenvalue weighted by atomic mass is 10.2. The zero-order chi connectivity index (χ0) is 15.5. The number of thiazole rings is 1. The molecule has 0 aliphatic heterocycles. The molecular formula is C17H13FN2OS. The zero-order valence-electron chi connectivity index (χ0n) is 11.8. The standard InChI is InChI=1S/C17H13FN2OS/c1-11-15(16(21)19-14-10-6-5-9-13(14)18)20-17(22-11)12-7-3-2-4-8-12/h2-10H,1H3,(H,19,21). The Morgan fingerprint density at radius 2 is 1.77 bits per heavy atom. The second-order valence-corrected chi connectivity index (χ2v) is 5.93. The molecule has 0 saturated carbocycles. The Bertz CT molecular complexity index is 815. The highest BCUT2D eigenvalue weighted by atomic mass is 32.1. The third-order valence-corrected chi connectivity index (χ3v) is 4.17. The second-order valence-electron chi connectivity index (χ2n) is 4.72. The summed E-state index contributed by atoms with van der Waals surface area (Å²) in [6, 6.07) is 15.7. The number of hydrogen-bond acceptors (Lipinski definition) is 3. The minimum absolute atomic E-state index is 0.154. The van der Waals surface area contributed by atoms with E-state index in [0.717, 1.165) is 15.4 Å². The van der Waals surface area contributed by atoms with Crippen LogP contribution in [0.15, 0.2) is 54.6 Å². The van der Waals surface area contributed by atoms with Gasteiger partial charge in [0.05, 0.1) is 5.69 Å². The molecule has 0 bridgehead atoms. The quantitative estimate of drug-likeness (QED) is 0.773. The molecule has 1 N–H and O–H groups in total. The molecule has 1 amide bonds. The van der Waals surface area contributed by atoms with Crippen molar-refractivity contribution in [2.45, 2.75) is 6.92 Å². The number of aryl methyl sites for hydroxylation is 1. The number of halogens is 1. The Morgan fingerprint density at radius 3 is 2.50 bits per heavy atom. The first-order valence-electron chi connectivity index (χ1n) is 6.74. The summed E-state index contributed by atoms with van der Waals surface area (Å²) < 4.78 is 13.6. The van der Waals surface area contributed by atoms with Gasteiger partial charge in [0.15, 0.2) is 0 Å². The molecule has 0 radical (unpaired) electrons. The predicted molar refractivity (Wildman–Crippen MR) is 86.6 cm³/mol. The van der Waals surface area contributed by atoms with Gasteiger partial charge in [-0.2, -0.15) is 0 Å². The van der Waals surface area contributed by atoms with Crippen LogP contribution >= 0.6 is 11.3 Å². The van der Waals surface area contributed by atoms with Crippen molar-refractivity contribution >= 4 is 22.9 Å². The van der Waals surface area contributed by atoms with Gasteiger partial charge in [-0.05, 0) is 19.1 Å². The SMILES string of the molecule is Cc1sc(-c2ccccc2)nc1C(=O)Nc1ccccc1F. The van der Waals surface area contributed by atoms with E-state index in [1.165, 1.54) is 23.5 Å². The number of para-hydroxylation sites is 1. The van der Waals surface area contributed by atoms with Gasteiger partial charge in [-0.25, -0.2) is 9.37 Å². The van der Waals surface area contributed by atoms with E-state index in [9.17, 15) is 9.18 Å². The molecule has 2 aromatic carbocycles. The minimum Gasteiger partial charge on any atom is -0.318 e. The van der Waals surface area contributed by atoms with Crippen LogP contribution in [-0.4, -0.2) is 10.9 Å². The topological polar surface area (TPSA) is 42.0 Å². The number of benzene rings is 2. The van der Waals surface area contributed by atoms with Crippen LogP contribution in [0.5, 0.6) is 0 Å². The molecule has 0 fully saturated rings. The molecule has 5 heteroatoms. The van der Waals surface area contributed by atoms with Gasteiger partial charge in [-0.15, -0.1) is 11.3 Å². The summed E-state index contributed by atoms with van der Waals surface area (Å²) in [7, 11) is 0. The number of carbonyl (C=O) groups excluding carboxylic acids is 1. The molecule has 1 aromatic heterocycles. The zero-order valence-corrected chi connectivity index (χ0v) is 12.7. The van der Waals surface area contributed by atoms with E-state index < -0.39 is 11.7 Å². The molecule has 3 rings (SSSR count). The average molecular weight is 312 g/mol. The Morgan fingerprint density at radius 1 is 1.09 bits per heavy atom. The first-order valence-corrected chi connectivity index (χ1v) is 7.55. The van der Waals surface area contributed by atoms with Crippen LogP contribution in [0.25, 0.3) is 10.6 Å². The van der Waals surface area contributed by atoms with Gasteiger partial charge in [0.25, 0.3) is 5.91 Å². The fraction of sp³-hybridized carbons (Fsp3) is 0.0588. The number of hydrogen-bond donors (Lipinski definition) is 1. The van der Waals surface area contributed by atoms with Crippen LogP contribution in [0.4, 0.5) is 10.1 Å². The number of nitrogens with one attached hydrogen (secondary N) is 1. The molecule has 1 heterocycles. The second kappa shape index (κ2) is 6.07. The summed E-state index contributed by atoms with van der Waals surface area (Å²) in [5.41, 5.74) is 1.44. The van der Waals surface area contributed by atoms with Gasteiger partial charge < -0.3 is 5.32 Å². The van der Waals surface area contributed by atoms with Gasteiger partial charge >= 0.3 is 0 Å². The number of aromatic nitrogens is 1. The highest BCUT2D eigenvalue weighted by Gasteiger charge is 2.17. The molecule has 3 aromatic rings. The molecule has 110 valence electrons. The Hall–Kier alpha value is -2.53. The van der Waals surface area contributed by atoms with Gasteiger partial charge in [0.2, 0.25) is 0 Å². The molecule has 0 atom stereocenters. The fourth-order valence-electron chi connectivity index (χ4n) is 2.06. The van der Waals surface area contributed by atoms with E-state index in [0.29, 0.717) is 5.69 Å². The van der Waals surface area contributed by atoms with E-state index >= 15 is 0 Å². The maximum Gasteiger partial charge on any atom is 0.275 e. The van der Waals surface area contributed by atoms with Crippen molar-refractivity contribution in [1.82, 2.24) is 4.98 Å². The smallest absolute Gasteiger partial charge is 0.275 e. The van der Waals surface area contributed by atoms with E-state index in [4.69, 9.17) is 0 Å². The number of amides is 1. The van der Waals surface area contributed by atoms with E-state index in [1.54, 1.807) is 12.1 Å². The van der Waals surface area contributed by atoms with Crippen LogP contribution in [0.2, 0.25) is 0 Å². The largest absolute Gasteiger partial charge is 0.318 e. The van der Waals surface area contributed by atoms with Crippen LogP contribution < -0.4 is 5.32 Å². The first kappa shape index (κ1) is 14.4. The molecular weight excluding hydrogens is 299 g/mol. The molecule has 22 heavy (non-hydrogen) atoms.